The molecule has 2 heterocycles. The number of benzene rings is 4. The topological polar surface area (TPSA) is 87.2 Å². The molecule has 45 heavy (non-hydrogen) atoms. The number of rotatable bonds is 9. The van der Waals surface area contributed by atoms with Gasteiger partial charge in [-0.1, -0.05) is 60.7 Å². The van der Waals surface area contributed by atoms with E-state index in [2.05, 4.69) is 34.1 Å². The van der Waals surface area contributed by atoms with Crippen LogP contribution in [0, 0.1) is 5.82 Å². The predicted molar refractivity (Wildman–Crippen MR) is 166 cm³/mol. The van der Waals surface area contributed by atoms with Gasteiger partial charge in [-0.2, -0.15) is 0 Å². The first-order valence-electron chi connectivity index (χ1n) is 14.9. The number of piperazine rings is 1. The van der Waals surface area contributed by atoms with Gasteiger partial charge in [0.05, 0.1) is 29.8 Å². The van der Waals surface area contributed by atoms with Crippen molar-refractivity contribution in [3.05, 3.63) is 137 Å². The molecule has 2 amide bonds. The van der Waals surface area contributed by atoms with Gasteiger partial charge in [-0.3, -0.25) is 24.2 Å². The molecule has 228 valence electrons. The monoisotopic (exact) mass is 605 g/mol. The first-order chi connectivity index (χ1) is 21.9. The zero-order valence-corrected chi connectivity index (χ0v) is 24.6. The minimum atomic E-state index is -0.726. The van der Waals surface area contributed by atoms with E-state index in [1.807, 2.05) is 36.4 Å². The Bertz CT molecular complexity index is 1630. The molecule has 1 unspecified atom stereocenters. The van der Waals surface area contributed by atoms with Gasteiger partial charge in [0.25, 0.3) is 5.91 Å². The number of hydrogen-bond acceptors (Lipinski definition) is 7. The Balaban J connectivity index is 1.07. The molecule has 2 fully saturated rings. The van der Waals surface area contributed by atoms with E-state index in [4.69, 9.17) is 4.74 Å². The maximum absolute atomic E-state index is 13.5. The van der Waals surface area contributed by atoms with Crippen LogP contribution < -0.4 is 4.90 Å². The summed E-state index contributed by atoms with van der Waals surface area (Å²) in [6.45, 7) is 2.28. The Morgan fingerprint density at radius 3 is 1.87 bits per heavy atom. The summed E-state index contributed by atoms with van der Waals surface area (Å²) in [5.41, 5.74) is 3.19. The van der Waals surface area contributed by atoms with E-state index < -0.39 is 30.2 Å². The zero-order valence-electron chi connectivity index (χ0n) is 24.6. The number of ketones is 1. The van der Waals surface area contributed by atoms with Gasteiger partial charge in [-0.15, -0.1) is 0 Å². The van der Waals surface area contributed by atoms with Gasteiger partial charge in [0.1, 0.15) is 5.82 Å². The quantitative estimate of drug-likeness (QED) is 0.152. The maximum atomic E-state index is 13.5. The summed E-state index contributed by atoms with van der Waals surface area (Å²) in [7, 11) is 0. The van der Waals surface area contributed by atoms with Crippen LogP contribution in [0.15, 0.2) is 109 Å². The lowest BCUT2D eigenvalue weighted by molar-refractivity contribution is -0.123. The highest BCUT2D eigenvalue weighted by Crippen LogP contribution is 2.31. The highest BCUT2D eigenvalue weighted by Gasteiger charge is 2.43. The second-order valence-corrected chi connectivity index (χ2v) is 11.1. The Morgan fingerprint density at radius 2 is 1.29 bits per heavy atom. The molecule has 6 rings (SSSR count). The van der Waals surface area contributed by atoms with E-state index in [-0.39, 0.29) is 35.4 Å². The van der Waals surface area contributed by atoms with Crippen LogP contribution in [0.5, 0.6) is 0 Å². The number of anilines is 1. The summed E-state index contributed by atoms with van der Waals surface area (Å²) >= 11 is 0. The number of amides is 2. The fraction of sp³-hybridized carbons (Fsp3) is 0.222. The highest BCUT2D eigenvalue weighted by molar-refractivity contribution is 6.22. The molecule has 0 N–H and O–H groups in total. The molecule has 0 saturated carbocycles. The SMILES string of the molecule is O=C(COC(=O)c1ccc(N2C(=O)CC(N3CCN(C(c4ccccc4)c4ccccc4)CC3)C2=O)cc1)c1ccc(F)cc1. The molecule has 2 aliphatic heterocycles. The van der Waals surface area contributed by atoms with Crippen LogP contribution in [0.4, 0.5) is 10.1 Å². The molecule has 9 heteroatoms. The minimum Gasteiger partial charge on any atom is -0.454 e. The summed E-state index contributed by atoms with van der Waals surface area (Å²) in [6, 6.07) is 31.2. The summed E-state index contributed by atoms with van der Waals surface area (Å²) in [4.78, 5) is 57.0. The smallest absolute Gasteiger partial charge is 0.338 e. The molecule has 1 atom stereocenters. The number of carbonyl (C=O) groups is 4. The van der Waals surface area contributed by atoms with E-state index >= 15 is 0 Å². The molecule has 0 aromatic heterocycles. The third-order valence-electron chi connectivity index (χ3n) is 8.37. The van der Waals surface area contributed by atoms with Gasteiger partial charge < -0.3 is 4.74 Å². The molecular weight excluding hydrogens is 573 g/mol. The molecule has 0 radical (unpaired) electrons. The number of esters is 1. The van der Waals surface area contributed by atoms with Crippen LogP contribution in [0.2, 0.25) is 0 Å². The third kappa shape index (κ3) is 6.60. The third-order valence-corrected chi connectivity index (χ3v) is 8.37. The van der Waals surface area contributed by atoms with E-state index in [1.54, 1.807) is 0 Å². The van der Waals surface area contributed by atoms with E-state index in [9.17, 15) is 23.6 Å². The highest BCUT2D eigenvalue weighted by atomic mass is 19.1. The van der Waals surface area contributed by atoms with Gasteiger partial charge in [-0.25, -0.2) is 14.1 Å². The van der Waals surface area contributed by atoms with Crippen LogP contribution in [0.3, 0.4) is 0 Å². The lowest BCUT2D eigenvalue weighted by Crippen LogP contribution is -2.53. The molecule has 4 aromatic rings. The van der Waals surface area contributed by atoms with Crippen molar-refractivity contribution >= 4 is 29.3 Å². The van der Waals surface area contributed by atoms with Gasteiger partial charge >= 0.3 is 5.97 Å². The molecule has 2 saturated heterocycles. The summed E-state index contributed by atoms with van der Waals surface area (Å²) in [5, 5.41) is 0. The van der Waals surface area contributed by atoms with E-state index in [0.29, 0.717) is 18.8 Å². The average Bonchev–Trinajstić information content (AvgIpc) is 3.38. The molecular formula is C36H32FN3O5. The lowest BCUT2D eigenvalue weighted by atomic mass is 9.96. The van der Waals surface area contributed by atoms with Gasteiger partial charge in [-0.05, 0) is 59.7 Å². The van der Waals surface area contributed by atoms with E-state index in [1.165, 1.54) is 52.4 Å². The van der Waals surface area contributed by atoms with Crippen molar-refractivity contribution < 1.29 is 28.3 Å². The Labute approximate surface area is 260 Å². The van der Waals surface area contributed by atoms with Crippen molar-refractivity contribution in [1.82, 2.24) is 9.80 Å². The summed E-state index contributed by atoms with van der Waals surface area (Å²) in [5.74, 6) is -2.23. The first-order valence-corrected chi connectivity index (χ1v) is 14.9. The van der Waals surface area contributed by atoms with Crippen LogP contribution in [-0.4, -0.2) is 72.2 Å². The predicted octanol–water partition coefficient (Wildman–Crippen LogP) is 4.90. The average molecular weight is 606 g/mol. The minimum absolute atomic E-state index is 0.0922. The molecule has 0 bridgehead atoms. The van der Waals surface area contributed by atoms with E-state index in [0.717, 1.165) is 25.2 Å². The lowest BCUT2D eigenvalue weighted by Gasteiger charge is -2.41. The van der Waals surface area contributed by atoms with Gasteiger partial charge in [0.15, 0.2) is 12.4 Å². The van der Waals surface area contributed by atoms with Crippen LogP contribution in [-0.2, 0) is 14.3 Å². The fourth-order valence-electron chi connectivity index (χ4n) is 6.04. The van der Waals surface area contributed by atoms with Crippen molar-refractivity contribution in [2.75, 3.05) is 37.7 Å². The second-order valence-electron chi connectivity index (χ2n) is 11.1. The largest absolute Gasteiger partial charge is 0.454 e. The zero-order chi connectivity index (χ0) is 31.3. The van der Waals surface area contributed by atoms with Crippen molar-refractivity contribution in [1.29, 1.82) is 0 Å². The molecule has 0 spiro atoms. The van der Waals surface area contributed by atoms with Crippen molar-refractivity contribution in [2.45, 2.75) is 18.5 Å². The summed E-state index contributed by atoms with van der Waals surface area (Å²) < 4.78 is 18.2. The first kappa shape index (κ1) is 30.1. The number of halogens is 1. The van der Waals surface area contributed by atoms with Gasteiger partial charge in [0.2, 0.25) is 5.91 Å². The van der Waals surface area contributed by atoms with Crippen molar-refractivity contribution in [2.24, 2.45) is 0 Å². The molecule has 2 aliphatic rings. The molecule has 4 aromatic carbocycles. The van der Waals surface area contributed by atoms with Crippen LogP contribution in [0.1, 0.15) is 44.3 Å². The van der Waals surface area contributed by atoms with Crippen LogP contribution in [0.25, 0.3) is 0 Å². The molecule has 8 nitrogen and oxygen atoms in total. The second kappa shape index (κ2) is 13.3. The number of ether oxygens (including phenoxy) is 1. The standard InChI is InChI=1S/C36H32FN3O5/c37-29-15-11-25(12-16-29)32(41)24-45-36(44)28-13-17-30(18-14-28)40-33(42)23-31(35(40)43)38-19-21-39(22-20-38)34(26-7-3-1-4-8-26)27-9-5-2-6-10-27/h1-18,31,34H,19-24H2. The number of nitrogens with zero attached hydrogens (tertiary/aromatic N) is 3. The number of Topliss-reactive ketones (excluding diaryl/α,β-unsaturated/α-hetero) is 1. The normalized spacial score (nSPS) is 17.6. The van der Waals surface area contributed by atoms with Crippen LogP contribution >= 0.6 is 0 Å². The summed E-state index contributed by atoms with van der Waals surface area (Å²) in [6.07, 6.45) is 0.0922. The maximum Gasteiger partial charge on any atom is 0.338 e. The Kier molecular flexibility index (Phi) is 8.91. The number of imide groups is 1. The fourth-order valence-corrected chi connectivity index (χ4v) is 6.04. The Morgan fingerprint density at radius 1 is 0.733 bits per heavy atom. The van der Waals surface area contributed by atoms with Gasteiger partial charge in [0, 0.05) is 31.7 Å². The molecule has 0 aliphatic carbocycles. The Hall–Kier alpha value is -4.99. The van der Waals surface area contributed by atoms with Crippen molar-refractivity contribution in [3.63, 3.8) is 0 Å². The van der Waals surface area contributed by atoms with Crippen molar-refractivity contribution in [3.8, 4) is 0 Å². The number of hydrogen-bond donors (Lipinski definition) is 0. The number of carbonyl (C=O) groups excluding carboxylic acids is 4.